The minimum absolute atomic E-state index is 0.326. The molecule has 2 N–H and O–H groups in total. The van der Waals surface area contributed by atoms with E-state index in [1.165, 1.54) is 0 Å². The average molecular weight is 274 g/mol. The molecule has 1 aromatic rings. The van der Waals surface area contributed by atoms with Crippen molar-refractivity contribution in [1.82, 2.24) is 10.6 Å². The molecule has 0 radical (unpaired) electrons. The number of hydrogen-bond donors (Lipinski definition) is 2. The topological polar surface area (TPSA) is 41.1 Å². The minimum Gasteiger partial charge on any atom is -0.355 e. The predicted octanol–water partition coefficient (Wildman–Crippen LogP) is 1.81. The number of nitrogens with one attached hydrogen (secondary N) is 2. The molecular formula is C13H17F3N2O. The van der Waals surface area contributed by atoms with Crippen LogP contribution in [0.15, 0.2) is 24.3 Å². The van der Waals surface area contributed by atoms with Gasteiger partial charge >= 0.3 is 6.18 Å². The Balaban J connectivity index is 2.17. The van der Waals surface area contributed by atoms with Crippen molar-refractivity contribution in [1.29, 1.82) is 0 Å². The van der Waals surface area contributed by atoms with Crippen molar-refractivity contribution in [3.8, 4) is 0 Å². The fraction of sp³-hybridized carbons (Fsp3) is 0.462. The number of rotatable bonds is 6. The molecule has 19 heavy (non-hydrogen) atoms. The normalized spacial score (nSPS) is 11.4. The quantitative estimate of drug-likeness (QED) is 0.830. The number of carbonyl (C=O) groups is 1. The van der Waals surface area contributed by atoms with Gasteiger partial charge in [-0.15, -0.1) is 0 Å². The van der Waals surface area contributed by atoms with Gasteiger partial charge in [-0.2, -0.15) is 13.2 Å². The third-order valence-corrected chi connectivity index (χ3v) is 2.43. The number of halogens is 3. The fourth-order valence-corrected chi connectivity index (χ4v) is 1.59. The van der Waals surface area contributed by atoms with Crippen LogP contribution < -0.4 is 10.6 Å². The number of carbonyl (C=O) groups excluding carboxylic acids is 1. The molecule has 106 valence electrons. The molecule has 0 aliphatic carbocycles. The van der Waals surface area contributed by atoms with Crippen LogP contribution in [0, 0.1) is 6.92 Å². The van der Waals surface area contributed by atoms with E-state index in [9.17, 15) is 18.0 Å². The second-order valence-electron chi connectivity index (χ2n) is 4.31. The minimum atomic E-state index is -4.29. The number of benzene rings is 1. The molecule has 1 amide bonds. The zero-order valence-electron chi connectivity index (χ0n) is 10.7. The lowest BCUT2D eigenvalue weighted by Gasteiger charge is -2.09. The van der Waals surface area contributed by atoms with Crippen molar-refractivity contribution in [2.75, 3.05) is 19.6 Å². The maximum absolute atomic E-state index is 11.8. The monoisotopic (exact) mass is 274 g/mol. The lowest BCUT2D eigenvalue weighted by atomic mass is 10.1. The summed E-state index contributed by atoms with van der Waals surface area (Å²) >= 11 is 0. The molecule has 0 atom stereocenters. The molecule has 6 heteroatoms. The Bertz CT molecular complexity index is 419. The van der Waals surface area contributed by atoms with Crippen molar-refractivity contribution >= 4 is 5.91 Å². The Hall–Kier alpha value is -1.56. The molecule has 1 rings (SSSR count). The first kappa shape index (κ1) is 15.5. The molecule has 0 unspecified atom stereocenters. The molecule has 0 saturated heterocycles. The first-order chi connectivity index (χ1) is 8.87. The van der Waals surface area contributed by atoms with Crippen LogP contribution in [0.5, 0.6) is 0 Å². The van der Waals surface area contributed by atoms with E-state index in [0.29, 0.717) is 13.0 Å². The van der Waals surface area contributed by atoms with Crippen LogP contribution in [-0.4, -0.2) is 31.7 Å². The van der Waals surface area contributed by atoms with Crippen LogP contribution in [0.3, 0.4) is 0 Å². The Kier molecular flexibility index (Phi) is 5.82. The lowest BCUT2D eigenvalue weighted by molar-refractivity contribution is -0.128. The van der Waals surface area contributed by atoms with E-state index in [0.717, 1.165) is 11.1 Å². The maximum atomic E-state index is 11.8. The van der Waals surface area contributed by atoms with Gasteiger partial charge in [0.2, 0.25) is 5.91 Å². The van der Waals surface area contributed by atoms with E-state index in [4.69, 9.17) is 0 Å². The van der Waals surface area contributed by atoms with Gasteiger partial charge in [0.1, 0.15) is 0 Å². The summed E-state index contributed by atoms with van der Waals surface area (Å²) < 4.78 is 35.5. The summed E-state index contributed by atoms with van der Waals surface area (Å²) in [5.41, 5.74) is 2.22. The average Bonchev–Trinajstić information content (AvgIpc) is 2.27. The molecular weight excluding hydrogens is 257 g/mol. The third-order valence-electron chi connectivity index (χ3n) is 2.43. The van der Waals surface area contributed by atoms with Crippen molar-refractivity contribution in [2.45, 2.75) is 19.5 Å². The van der Waals surface area contributed by atoms with Gasteiger partial charge in [0.05, 0.1) is 13.1 Å². The zero-order valence-corrected chi connectivity index (χ0v) is 10.7. The Morgan fingerprint density at radius 2 is 2.05 bits per heavy atom. The summed E-state index contributed by atoms with van der Waals surface area (Å²) in [5.74, 6) is -0.433. The van der Waals surface area contributed by atoms with Gasteiger partial charge in [-0.3, -0.25) is 4.79 Å². The van der Waals surface area contributed by atoms with Crippen molar-refractivity contribution < 1.29 is 18.0 Å². The van der Waals surface area contributed by atoms with E-state index in [1.807, 2.05) is 36.5 Å². The first-order valence-electron chi connectivity index (χ1n) is 5.96. The summed E-state index contributed by atoms with van der Waals surface area (Å²) in [6.07, 6.45) is -3.63. The highest BCUT2D eigenvalue weighted by molar-refractivity contribution is 5.77. The zero-order chi connectivity index (χ0) is 14.3. The Morgan fingerprint density at radius 3 is 2.68 bits per heavy atom. The molecule has 0 aliphatic rings. The second kappa shape index (κ2) is 7.13. The highest BCUT2D eigenvalue weighted by Gasteiger charge is 2.26. The highest BCUT2D eigenvalue weighted by Crippen LogP contribution is 2.11. The SMILES string of the molecule is Cc1cccc(CCNC(=O)CNCC(F)(F)F)c1. The van der Waals surface area contributed by atoms with Crippen LogP contribution in [-0.2, 0) is 11.2 Å². The van der Waals surface area contributed by atoms with E-state index >= 15 is 0 Å². The van der Waals surface area contributed by atoms with Gasteiger partial charge in [-0.05, 0) is 18.9 Å². The van der Waals surface area contributed by atoms with Gasteiger partial charge in [0.25, 0.3) is 0 Å². The third kappa shape index (κ3) is 7.46. The predicted molar refractivity (Wildman–Crippen MR) is 66.8 cm³/mol. The lowest BCUT2D eigenvalue weighted by Crippen LogP contribution is -2.38. The van der Waals surface area contributed by atoms with E-state index in [2.05, 4.69) is 5.32 Å². The molecule has 0 saturated carbocycles. The summed E-state index contributed by atoms with van der Waals surface area (Å²) in [4.78, 5) is 11.2. The van der Waals surface area contributed by atoms with Crippen LogP contribution in [0.25, 0.3) is 0 Å². The first-order valence-corrected chi connectivity index (χ1v) is 5.96. The summed E-state index contributed by atoms with van der Waals surface area (Å²) in [6.45, 7) is 0.907. The molecule has 0 fully saturated rings. The Labute approximate surface area is 110 Å². The van der Waals surface area contributed by atoms with Crippen molar-refractivity contribution in [2.24, 2.45) is 0 Å². The molecule has 0 bridgehead atoms. The largest absolute Gasteiger partial charge is 0.401 e. The van der Waals surface area contributed by atoms with Crippen molar-refractivity contribution in [3.63, 3.8) is 0 Å². The molecule has 0 aliphatic heterocycles. The standard InChI is InChI=1S/C13H17F3N2O/c1-10-3-2-4-11(7-10)5-6-18-12(19)8-17-9-13(14,15)16/h2-4,7,17H,5-6,8-9H2,1H3,(H,18,19). The fourth-order valence-electron chi connectivity index (χ4n) is 1.59. The molecule has 3 nitrogen and oxygen atoms in total. The van der Waals surface area contributed by atoms with Crippen LogP contribution in [0.2, 0.25) is 0 Å². The van der Waals surface area contributed by atoms with E-state index in [1.54, 1.807) is 0 Å². The van der Waals surface area contributed by atoms with Crippen LogP contribution in [0.1, 0.15) is 11.1 Å². The second-order valence-corrected chi connectivity index (χ2v) is 4.31. The summed E-state index contributed by atoms with van der Waals surface area (Å²) in [5, 5.41) is 4.61. The molecule has 0 spiro atoms. The van der Waals surface area contributed by atoms with Gasteiger partial charge < -0.3 is 10.6 Å². The molecule has 1 aromatic carbocycles. The van der Waals surface area contributed by atoms with Gasteiger partial charge in [0, 0.05) is 6.54 Å². The summed E-state index contributed by atoms with van der Waals surface area (Å²) in [6, 6.07) is 7.86. The summed E-state index contributed by atoms with van der Waals surface area (Å²) in [7, 11) is 0. The van der Waals surface area contributed by atoms with Gasteiger partial charge in [0.15, 0.2) is 0 Å². The number of aryl methyl sites for hydroxylation is 1. The van der Waals surface area contributed by atoms with Gasteiger partial charge in [-0.25, -0.2) is 0 Å². The highest BCUT2D eigenvalue weighted by atomic mass is 19.4. The number of alkyl halides is 3. The van der Waals surface area contributed by atoms with E-state index in [-0.39, 0.29) is 6.54 Å². The maximum Gasteiger partial charge on any atom is 0.401 e. The van der Waals surface area contributed by atoms with Crippen molar-refractivity contribution in [3.05, 3.63) is 35.4 Å². The smallest absolute Gasteiger partial charge is 0.355 e. The number of amides is 1. The Morgan fingerprint density at radius 1 is 1.32 bits per heavy atom. The number of hydrogen-bond acceptors (Lipinski definition) is 2. The molecule has 0 heterocycles. The van der Waals surface area contributed by atoms with E-state index < -0.39 is 18.6 Å². The van der Waals surface area contributed by atoms with Crippen LogP contribution in [0.4, 0.5) is 13.2 Å². The van der Waals surface area contributed by atoms with Gasteiger partial charge in [-0.1, -0.05) is 29.8 Å². The van der Waals surface area contributed by atoms with Crippen LogP contribution >= 0.6 is 0 Å². The molecule has 0 aromatic heterocycles.